The minimum Gasteiger partial charge on any atom is -0.310 e. The summed E-state index contributed by atoms with van der Waals surface area (Å²) < 4.78 is 37.6. The molecule has 0 amide bonds. The molecule has 9 aromatic carbocycles. The first kappa shape index (κ1) is 26.2. The molecule has 0 atom stereocenters. The van der Waals surface area contributed by atoms with Crippen LogP contribution in [-0.2, 0) is 0 Å². The molecule has 0 N–H and O–H groups in total. The van der Waals surface area contributed by atoms with Gasteiger partial charge in [-0.2, -0.15) is 0 Å². The fraction of sp³-hybridized carbons (Fsp3) is 0. The largest absolute Gasteiger partial charge is 0.310 e. The number of hydrogen-bond donors (Lipinski definition) is 0. The second kappa shape index (κ2) is 13.3. The molecule has 0 bridgehead atoms. The second-order valence-corrected chi connectivity index (χ2v) is 12.6. The fourth-order valence-corrected chi connectivity index (χ4v) is 7.03. The van der Waals surface area contributed by atoms with Gasteiger partial charge in [-0.1, -0.05) is 182 Å². The predicted octanol–water partition coefficient (Wildman–Crippen LogP) is 14.1. The summed E-state index contributed by atoms with van der Waals surface area (Å²) in [6, 6.07) is 62.8. The van der Waals surface area contributed by atoms with Crippen molar-refractivity contribution < 1.29 is 5.48 Å². The van der Waals surface area contributed by atoms with E-state index in [0.717, 1.165) is 55.5 Å². The van der Waals surface area contributed by atoms with E-state index in [2.05, 4.69) is 72.8 Å². The van der Waals surface area contributed by atoms with Gasteiger partial charge in [-0.05, 0) is 91.0 Å². The molecule has 0 fully saturated rings. The first-order valence-electron chi connectivity index (χ1n) is 19.2. The molecular formula is C50H35N. The molecule has 240 valence electrons. The van der Waals surface area contributed by atoms with Crippen molar-refractivity contribution in [2.45, 2.75) is 0 Å². The van der Waals surface area contributed by atoms with Gasteiger partial charge in [0.15, 0.2) is 0 Å². The van der Waals surface area contributed by atoms with Gasteiger partial charge in [-0.25, -0.2) is 0 Å². The molecule has 0 aliphatic heterocycles. The molecule has 51 heavy (non-hydrogen) atoms. The smallest absolute Gasteiger partial charge is 0.0645 e. The number of nitrogens with zero attached hydrogens (tertiary/aromatic N) is 1. The maximum Gasteiger partial charge on any atom is 0.0645 e. The van der Waals surface area contributed by atoms with E-state index >= 15 is 0 Å². The molecule has 0 saturated heterocycles. The van der Waals surface area contributed by atoms with E-state index in [1.807, 2.05) is 120 Å². The molecule has 0 spiro atoms. The van der Waals surface area contributed by atoms with Gasteiger partial charge in [-0.3, -0.25) is 0 Å². The molecule has 0 heterocycles. The van der Waals surface area contributed by atoms with E-state index in [-0.39, 0.29) is 35.4 Å². The summed E-state index contributed by atoms with van der Waals surface area (Å²) in [5, 5.41) is 4.29. The van der Waals surface area contributed by atoms with Crippen molar-refractivity contribution in [1.82, 2.24) is 0 Å². The number of hydrogen-bond acceptors (Lipinski definition) is 1. The van der Waals surface area contributed by atoms with E-state index in [4.69, 9.17) is 0 Å². The summed E-state index contributed by atoms with van der Waals surface area (Å²) >= 11 is 0. The van der Waals surface area contributed by atoms with E-state index in [0.29, 0.717) is 5.56 Å². The standard InChI is InChI=1S/C50H35N/c1-3-12-36(13-4-1)37-22-24-38(25-23-37)39-26-31-44(32-27-39)51(49-21-11-18-40-14-7-9-19-46(40)49)45-33-28-42(29-34-45)48-35-30-41-15-8-10-20-47(41)50(48)43-16-5-2-6-17-43/h1-35H/i26D,27D,31D,32D. The first-order chi connectivity index (χ1) is 27.0. The molecule has 9 aromatic rings. The van der Waals surface area contributed by atoms with E-state index in [1.54, 1.807) is 0 Å². The summed E-state index contributed by atoms with van der Waals surface area (Å²) in [5.74, 6) is 0. The van der Waals surface area contributed by atoms with Crippen LogP contribution >= 0.6 is 0 Å². The number of fused-ring (bicyclic) bond motifs is 2. The number of anilines is 3. The maximum atomic E-state index is 9.48. The van der Waals surface area contributed by atoms with Crippen molar-refractivity contribution in [3.05, 3.63) is 212 Å². The molecule has 0 aliphatic carbocycles. The van der Waals surface area contributed by atoms with Crippen molar-refractivity contribution in [3.63, 3.8) is 0 Å². The lowest BCUT2D eigenvalue weighted by atomic mass is 9.90. The molecule has 1 nitrogen and oxygen atoms in total. The van der Waals surface area contributed by atoms with Gasteiger partial charge in [-0.15, -0.1) is 0 Å². The first-order valence-corrected chi connectivity index (χ1v) is 17.2. The third-order valence-electron chi connectivity index (χ3n) is 9.55. The Morgan fingerprint density at radius 3 is 1.51 bits per heavy atom. The molecule has 0 radical (unpaired) electrons. The van der Waals surface area contributed by atoms with Crippen LogP contribution in [0.5, 0.6) is 0 Å². The van der Waals surface area contributed by atoms with Crippen LogP contribution in [0.2, 0.25) is 0 Å². The Morgan fingerprint density at radius 1 is 0.314 bits per heavy atom. The highest BCUT2D eigenvalue weighted by atomic mass is 15.1. The van der Waals surface area contributed by atoms with Crippen molar-refractivity contribution in [1.29, 1.82) is 0 Å². The van der Waals surface area contributed by atoms with Gasteiger partial charge in [0.2, 0.25) is 0 Å². The van der Waals surface area contributed by atoms with Gasteiger partial charge >= 0.3 is 0 Å². The third kappa shape index (κ3) is 5.86. The van der Waals surface area contributed by atoms with Crippen LogP contribution in [-0.4, -0.2) is 0 Å². The van der Waals surface area contributed by atoms with Crippen LogP contribution in [0.15, 0.2) is 212 Å². The summed E-state index contributed by atoms with van der Waals surface area (Å²) in [4.78, 5) is 1.88. The fourth-order valence-electron chi connectivity index (χ4n) is 7.03. The van der Waals surface area contributed by atoms with Crippen molar-refractivity contribution >= 4 is 38.6 Å². The number of rotatable bonds is 7. The Morgan fingerprint density at radius 2 is 0.824 bits per heavy atom. The van der Waals surface area contributed by atoms with Gasteiger partial charge < -0.3 is 4.90 Å². The highest BCUT2D eigenvalue weighted by Crippen LogP contribution is 2.42. The Hall–Kier alpha value is -6.70. The monoisotopic (exact) mass is 653 g/mol. The molecular weight excluding hydrogens is 615 g/mol. The van der Waals surface area contributed by atoms with Crippen molar-refractivity contribution in [2.24, 2.45) is 0 Å². The zero-order chi connectivity index (χ0) is 37.5. The summed E-state index contributed by atoms with van der Waals surface area (Å²) in [5.41, 5.74) is 9.09. The lowest BCUT2D eigenvalue weighted by Gasteiger charge is -2.27. The van der Waals surface area contributed by atoms with E-state index in [1.165, 1.54) is 10.8 Å². The van der Waals surface area contributed by atoms with Gasteiger partial charge in [0, 0.05) is 16.8 Å². The van der Waals surface area contributed by atoms with Crippen LogP contribution in [0.1, 0.15) is 5.48 Å². The zero-order valence-corrected chi connectivity index (χ0v) is 27.8. The minimum absolute atomic E-state index is 0.0889. The van der Waals surface area contributed by atoms with E-state index in [9.17, 15) is 5.48 Å². The van der Waals surface area contributed by atoms with Crippen molar-refractivity contribution in [3.8, 4) is 44.5 Å². The Bertz CT molecular complexity index is 2800. The van der Waals surface area contributed by atoms with Crippen LogP contribution in [0, 0.1) is 0 Å². The lowest BCUT2D eigenvalue weighted by Crippen LogP contribution is -2.10. The van der Waals surface area contributed by atoms with Crippen LogP contribution in [0.3, 0.4) is 0 Å². The average molecular weight is 654 g/mol. The maximum absolute atomic E-state index is 9.48. The second-order valence-electron chi connectivity index (χ2n) is 12.6. The minimum atomic E-state index is -0.110. The number of benzene rings is 9. The molecule has 0 aromatic heterocycles. The predicted molar refractivity (Wildman–Crippen MR) is 218 cm³/mol. The summed E-state index contributed by atoms with van der Waals surface area (Å²) in [7, 11) is 0. The van der Waals surface area contributed by atoms with Crippen LogP contribution in [0.25, 0.3) is 66.1 Å². The molecule has 1 heteroatoms. The quantitative estimate of drug-likeness (QED) is 0.165. The van der Waals surface area contributed by atoms with Gasteiger partial charge in [0.25, 0.3) is 0 Å². The Labute approximate surface area is 305 Å². The summed E-state index contributed by atoms with van der Waals surface area (Å²) in [6.45, 7) is 0. The topological polar surface area (TPSA) is 3.24 Å². The molecule has 0 unspecified atom stereocenters. The van der Waals surface area contributed by atoms with E-state index < -0.39 is 0 Å². The summed E-state index contributed by atoms with van der Waals surface area (Å²) in [6.07, 6.45) is 0. The Balaban J connectivity index is 1.20. The van der Waals surface area contributed by atoms with Crippen LogP contribution in [0.4, 0.5) is 17.1 Å². The SMILES string of the molecule is [2H]c1c([2H])c(N(c2ccc(-c3ccc4ccccc4c3-c3ccccc3)cc2)c2cccc3ccccc23)c([2H])c([2H])c1-c1ccc(-c2ccccc2)cc1. The Kier molecular flexibility index (Phi) is 6.84. The molecule has 0 saturated carbocycles. The van der Waals surface area contributed by atoms with Gasteiger partial charge in [0.05, 0.1) is 11.2 Å². The zero-order valence-electron chi connectivity index (χ0n) is 31.8. The van der Waals surface area contributed by atoms with Crippen molar-refractivity contribution in [2.75, 3.05) is 4.90 Å². The lowest BCUT2D eigenvalue weighted by molar-refractivity contribution is 1.30. The highest BCUT2D eigenvalue weighted by Gasteiger charge is 2.17. The van der Waals surface area contributed by atoms with Crippen LogP contribution < -0.4 is 4.90 Å². The normalized spacial score (nSPS) is 12.2. The highest BCUT2D eigenvalue weighted by molar-refractivity contribution is 6.04. The molecule has 9 rings (SSSR count). The van der Waals surface area contributed by atoms with Gasteiger partial charge in [0.1, 0.15) is 0 Å². The third-order valence-corrected chi connectivity index (χ3v) is 9.55. The molecule has 0 aliphatic rings. The average Bonchev–Trinajstić information content (AvgIpc) is 3.25.